The average Bonchev–Trinajstić information content (AvgIpc) is 2.17. The standard InChI is InChI=1S/C10H19NO3S/c1-3-4-5-6-11(2)9(12)7-15-8-10(13)14/h3-8H2,1-2H3,(H,13,14). The van der Waals surface area contributed by atoms with Crippen molar-refractivity contribution in [2.75, 3.05) is 25.1 Å². The molecule has 0 aliphatic carbocycles. The fourth-order valence-corrected chi connectivity index (χ4v) is 1.73. The SMILES string of the molecule is CCCCCN(C)C(=O)CSCC(=O)O. The van der Waals surface area contributed by atoms with Crippen LogP contribution in [0.4, 0.5) is 0 Å². The number of aliphatic carboxylic acids is 1. The summed E-state index contributed by atoms with van der Waals surface area (Å²) in [5.41, 5.74) is 0. The van der Waals surface area contributed by atoms with Gasteiger partial charge in [0.25, 0.3) is 0 Å². The molecule has 0 fully saturated rings. The maximum Gasteiger partial charge on any atom is 0.313 e. The lowest BCUT2D eigenvalue weighted by Crippen LogP contribution is -2.29. The number of carboxylic acids is 1. The lowest BCUT2D eigenvalue weighted by Gasteiger charge is -2.16. The number of nitrogens with zero attached hydrogens (tertiary/aromatic N) is 1. The molecule has 0 rings (SSSR count). The smallest absolute Gasteiger partial charge is 0.313 e. The summed E-state index contributed by atoms with van der Waals surface area (Å²) in [5.74, 6) is -0.609. The molecule has 0 aromatic heterocycles. The normalized spacial score (nSPS) is 10.0. The van der Waals surface area contributed by atoms with E-state index in [1.54, 1.807) is 11.9 Å². The predicted octanol–water partition coefficient (Wildman–Crippen LogP) is 1.45. The Kier molecular flexibility index (Phi) is 8.18. The first-order valence-electron chi connectivity index (χ1n) is 5.11. The molecule has 1 N–H and O–H groups in total. The summed E-state index contributed by atoms with van der Waals surface area (Å²) in [6.07, 6.45) is 3.28. The fraction of sp³-hybridized carbons (Fsp3) is 0.800. The van der Waals surface area contributed by atoms with Gasteiger partial charge in [-0.1, -0.05) is 19.8 Å². The van der Waals surface area contributed by atoms with Gasteiger partial charge in [0, 0.05) is 13.6 Å². The minimum atomic E-state index is -0.874. The van der Waals surface area contributed by atoms with Crippen LogP contribution in [0.2, 0.25) is 0 Å². The van der Waals surface area contributed by atoms with Crippen LogP contribution in [-0.2, 0) is 9.59 Å². The summed E-state index contributed by atoms with van der Waals surface area (Å²) < 4.78 is 0. The molecule has 0 saturated carbocycles. The molecular weight excluding hydrogens is 214 g/mol. The first-order chi connectivity index (χ1) is 7.07. The molecule has 0 saturated heterocycles. The van der Waals surface area contributed by atoms with Crippen molar-refractivity contribution in [3.63, 3.8) is 0 Å². The molecular formula is C10H19NO3S. The van der Waals surface area contributed by atoms with Crippen LogP contribution in [0.5, 0.6) is 0 Å². The van der Waals surface area contributed by atoms with Gasteiger partial charge in [-0.2, -0.15) is 0 Å². The van der Waals surface area contributed by atoms with E-state index in [0.29, 0.717) is 0 Å². The lowest BCUT2D eigenvalue weighted by atomic mass is 10.2. The molecule has 4 nitrogen and oxygen atoms in total. The first kappa shape index (κ1) is 14.3. The van der Waals surface area contributed by atoms with Crippen LogP contribution in [0, 0.1) is 0 Å². The molecule has 0 spiro atoms. The monoisotopic (exact) mass is 233 g/mol. The molecule has 0 radical (unpaired) electrons. The number of carboxylic acid groups (broad SMARTS) is 1. The molecule has 0 aromatic carbocycles. The van der Waals surface area contributed by atoms with Crippen molar-refractivity contribution in [2.45, 2.75) is 26.2 Å². The summed E-state index contributed by atoms with van der Waals surface area (Å²) in [6, 6.07) is 0. The van der Waals surface area contributed by atoms with Crippen LogP contribution in [0.3, 0.4) is 0 Å². The molecule has 0 atom stereocenters. The number of hydrogen-bond acceptors (Lipinski definition) is 3. The minimum absolute atomic E-state index is 0.00542. The zero-order chi connectivity index (χ0) is 11.7. The van der Waals surface area contributed by atoms with E-state index in [1.807, 2.05) is 0 Å². The molecule has 0 aliphatic heterocycles. The fourth-order valence-electron chi connectivity index (χ4n) is 1.06. The van der Waals surface area contributed by atoms with E-state index in [2.05, 4.69) is 6.92 Å². The number of amides is 1. The number of rotatable bonds is 8. The summed E-state index contributed by atoms with van der Waals surface area (Å²) >= 11 is 1.15. The second kappa shape index (κ2) is 8.59. The van der Waals surface area contributed by atoms with Gasteiger partial charge in [0.2, 0.25) is 5.91 Å². The number of carbonyl (C=O) groups is 2. The highest BCUT2D eigenvalue weighted by Crippen LogP contribution is 2.03. The number of hydrogen-bond donors (Lipinski definition) is 1. The highest BCUT2D eigenvalue weighted by Gasteiger charge is 2.08. The Morgan fingerprint density at radius 2 is 1.93 bits per heavy atom. The Hall–Kier alpha value is -0.710. The Morgan fingerprint density at radius 3 is 2.47 bits per heavy atom. The Balaban J connectivity index is 3.55. The van der Waals surface area contributed by atoms with Crippen molar-refractivity contribution in [1.82, 2.24) is 4.90 Å². The molecule has 15 heavy (non-hydrogen) atoms. The number of unbranched alkanes of at least 4 members (excludes halogenated alkanes) is 2. The van der Waals surface area contributed by atoms with Crippen molar-refractivity contribution in [3.05, 3.63) is 0 Å². The maximum atomic E-state index is 11.4. The highest BCUT2D eigenvalue weighted by molar-refractivity contribution is 8.00. The highest BCUT2D eigenvalue weighted by atomic mass is 32.2. The Morgan fingerprint density at radius 1 is 1.27 bits per heavy atom. The zero-order valence-electron chi connectivity index (χ0n) is 9.36. The van der Waals surface area contributed by atoms with E-state index in [1.165, 1.54) is 0 Å². The van der Waals surface area contributed by atoms with Gasteiger partial charge < -0.3 is 10.0 Å². The van der Waals surface area contributed by atoms with Gasteiger partial charge in [0.1, 0.15) is 0 Å². The van der Waals surface area contributed by atoms with Gasteiger partial charge in [0.05, 0.1) is 11.5 Å². The van der Waals surface area contributed by atoms with Gasteiger partial charge >= 0.3 is 5.97 Å². The van der Waals surface area contributed by atoms with Crippen LogP contribution < -0.4 is 0 Å². The second-order valence-electron chi connectivity index (χ2n) is 3.41. The van der Waals surface area contributed by atoms with Crippen LogP contribution in [0.15, 0.2) is 0 Å². The average molecular weight is 233 g/mol. The predicted molar refractivity (Wildman–Crippen MR) is 62.1 cm³/mol. The van der Waals surface area contributed by atoms with E-state index >= 15 is 0 Å². The lowest BCUT2D eigenvalue weighted by molar-refractivity contribution is -0.133. The van der Waals surface area contributed by atoms with E-state index in [-0.39, 0.29) is 17.4 Å². The third-order valence-electron chi connectivity index (χ3n) is 1.97. The van der Waals surface area contributed by atoms with Crippen molar-refractivity contribution < 1.29 is 14.7 Å². The maximum absolute atomic E-state index is 11.4. The molecule has 1 amide bonds. The molecule has 5 heteroatoms. The van der Waals surface area contributed by atoms with Crippen LogP contribution in [0.1, 0.15) is 26.2 Å². The molecule has 0 bridgehead atoms. The Bertz CT molecular complexity index is 209. The molecule has 0 unspecified atom stereocenters. The third kappa shape index (κ3) is 8.30. The minimum Gasteiger partial charge on any atom is -0.481 e. The largest absolute Gasteiger partial charge is 0.481 e. The van der Waals surface area contributed by atoms with Gasteiger partial charge in [-0.3, -0.25) is 9.59 Å². The quantitative estimate of drug-likeness (QED) is 0.645. The van der Waals surface area contributed by atoms with Gasteiger partial charge in [-0.05, 0) is 6.42 Å². The molecule has 0 aromatic rings. The molecule has 88 valence electrons. The zero-order valence-corrected chi connectivity index (χ0v) is 10.2. The van der Waals surface area contributed by atoms with Gasteiger partial charge in [-0.15, -0.1) is 11.8 Å². The topological polar surface area (TPSA) is 57.6 Å². The van der Waals surface area contributed by atoms with Gasteiger partial charge in [-0.25, -0.2) is 0 Å². The summed E-state index contributed by atoms with van der Waals surface area (Å²) in [4.78, 5) is 23.3. The first-order valence-corrected chi connectivity index (χ1v) is 6.27. The van der Waals surface area contributed by atoms with E-state index in [0.717, 1.165) is 37.6 Å². The summed E-state index contributed by atoms with van der Waals surface area (Å²) in [6.45, 7) is 2.88. The second-order valence-corrected chi connectivity index (χ2v) is 4.39. The van der Waals surface area contributed by atoms with Crippen LogP contribution >= 0.6 is 11.8 Å². The van der Waals surface area contributed by atoms with E-state index < -0.39 is 5.97 Å². The number of carbonyl (C=O) groups excluding carboxylic acids is 1. The van der Waals surface area contributed by atoms with E-state index in [9.17, 15) is 9.59 Å². The third-order valence-corrected chi connectivity index (χ3v) is 2.88. The van der Waals surface area contributed by atoms with Gasteiger partial charge in [0.15, 0.2) is 0 Å². The summed E-state index contributed by atoms with van der Waals surface area (Å²) in [5, 5.41) is 8.39. The summed E-state index contributed by atoms with van der Waals surface area (Å²) in [7, 11) is 1.76. The van der Waals surface area contributed by atoms with Crippen LogP contribution in [0.25, 0.3) is 0 Å². The number of thioether (sulfide) groups is 1. The van der Waals surface area contributed by atoms with Crippen molar-refractivity contribution in [1.29, 1.82) is 0 Å². The van der Waals surface area contributed by atoms with Crippen LogP contribution in [-0.4, -0.2) is 47.0 Å². The van der Waals surface area contributed by atoms with E-state index in [4.69, 9.17) is 5.11 Å². The van der Waals surface area contributed by atoms with Crippen molar-refractivity contribution in [3.8, 4) is 0 Å². The molecule has 0 aliphatic rings. The van der Waals surface area contributed by atoms with Crippen molar-refractivity contribution >= 4 is 23.6 Å². The van der Waals surface area contributed by atoms with Crippen molar-refractivity contribution in [2.24, 2.45) is 0 Å². The Labute approximate surface area is 95.0 Å². The molecule has 0 heterocycles.